The predicted molar refractivity (Wildman–Crippen MR) is 92.8 cm³/mol. The van der Waals surface area contributed by atoms with Crippen molar-refractivity contribution in [1.29, 1.82) is 0 Å². The van der Waals surface area contributed by atoms with Gasteiger partial charge in [0.25, 0.3) is 0 Å². The standard InChI is InChI=1S/C16H15BrF6N4/c1-14(2,3)27-13-25-11(16(21,22)23)7-12(26-13)24-10-5-4-8(6-9(10)17)15(18,19)20/h4-7H,1-3H3,(H2,24,25,26,27). The van der Waals surface area contributed by atoms with E-state index in [4.69, 9.17) is 0 Å². The lowest BCUT2D eigenvalue weighted by molar-refractivity contribution is -0.141. The monoisotopic (exact) mass is 456 g/mol. The van der Waals surface area contributed by atoms with E-state index in [1.54, 1.807) is 20.8 Å². The Balaban J connectivity index is 2.42. The Morgan fingerprint density at radius 2 is 1.52 bits per heavy atom. The summed E-state index contributed by atoms with van der Waals surface area (Å²) in [4.78, 5) is 7.42. The van der Waals surface area contributed by atoms with Crippen LogP contribution in [0, 0.1) is 0 Å². The molecule has 0 unspecified atom stereocenters. The molecule has 0 aliphatic heterocycles. The van der Waals surface area contributed by atoms with Gasteiger partial charge in [0, 0.05) is 16.1 Å². The molecule has 2 aromatic rings. The highest BCUT2D eigenvalue weighted by Crippen LogP contribution is 2.36. The number of aromatic nitrogens is 2. The number of alkyl halides is 6. The number of benzene rings is 1. The zero-order chi connectivity index (χ0) is 20.6. The lowest BCUT2D eigenvalue weighted by atomic mass is 10.1. The van der Waals surface area contributed by atoms with Crippen molar-refractivity contribution in [2.45, 2.75) is 38.7 Å². The van der Waals surface area contributed by atoms with Gasteiger partial charge in [0.05, 0.1) is 11.3 Å². The third-order valence-corrected chi connectivity index (χ3v) is 3.72. The van der Waals surface area contributed by atoms with E-state index in [-0.39, 0.29) is 21.9 Å². The molecule has 0 saturated carbocycles. The molecule has 2 N–H and O–H groups in total. The highest BCUT2D eigenvalue weighted by atomic mass is 79.9. The zero-order valence-electron chi connectivity index (χ0n) is 14.3. The molecule has 1 aromatic heterocycles. The quantitative estimate of drug-likeness (QED) is 0.537. The molecule has 0 bridgehead atoms. The maximum absolute atomic E-state index is 13.1. The van der Waals surface area contributed by atoms with Gasteiger partial charge in [0.2, 0.25) is 5.95 Å². The van der Waals surface area contributed by atoms with Crippen LogP contribution in [0.3, 0.4) is 0 Å². The molecule has 0 spiro atoms. The molecule has 0 atom stereocenters. The zero-order valence-corrected chi connectivity index (χ0v) is 15.9. The summed E-state index contributed by atoms with van der Waals surface area (Å²) in [5.74, 6) is -0.479. The topological polar surface area (TPSA) is 49.8 Å². The van der Waals surface area contributed by atoms with E-state index in [1.807, 2.05) is 0 Å². The second-order valence-electron chi connectivity index (χ2n) is 6.65. The Kier molecular flexibility index (Phi) is 5.65. The number of hydrogen-bond acceptors (Lipinski definition) is 4. The van der Waals surface area contributed by atoms with E-state index in [2.05, 4.69) is 36.5 Å². The first kappa shape index (κ1) is 21.3. The summed E-state index contributed by atoms with van der Waals surface area (Å²) in [7, 11) is 0. The Morgan fingerprint density at radius 1 is 0.889 bits per heavy atom. The minimum Gasteiger partial charge on any atom is -0.350 e. The molecule has 148 valence electrons. The van der Waals surface area contributed by atoms with Gasteiger partial charge in [-0.15, -0.1) is 0 Å². The molecule has 11 heteroatoms. The van der Waals surface area contributed by atoms with Crippen molar-refractivity contribution in [1.82, 2.24) is 9.97 Å². The van der Waals surface area contributed by atoms with Crippen molar-refractivity contribution in [3.8, 4) is 0 Å². The summed E-state index contributed by atoms with van der Waals surface area (Å²) in [6.07, 6.45) is -9.26. The molecule has 0 radical (unpaired) electrons. The lowest BCUT2D eigenvalue weighted by Crippen LogP contribution is -2.28. The van der Waals surface area contributed by atoms with E-state index in [0.29, 0.717) is 6.07 Å². The highest BCUT2D eigenvalue weighted by molar-refractivity contribution is 9.10. The summed E-state index contributed by atoms with van der Waals surface area (Å²) < 4.78 is 77.5. The van der Waals surface area contributed by atoms with E-state index >= 15 is 0 Å². The molecular formula is C16H15BrF6N4. The second-order valence-corrected chi connectivity index (χ2v) is 7.51. The average molecular weight is 457 g/mol. The molecule has 2 rings (SSSR count). The maximum atomic E-state index is 13.1. The lowest BCUT2D eigenvalue weighted by Gasteiger charge is -2.22. The van der Waals surface area contributed by atoms with Crippen LogP contribution in [-0.2, 0) is 12.4 Å². The van der Waals surface area contributed by atoms with Crippen molar-refractivity contribution in [2.24, 2.45) is 0 Å². The van der Waals surface area contributed by atoms with E-state index in [1.165, 1.54) is 0 Å². The normalized spacial score (nSPS) is 12.8. The van der Waals surface area contributed by atoms with Crippen LogP contribution in [0.1, 0.15) is 32.0 Å². The average Bonchev–Trinajstić information content (AvgIpc) is 2.45. The Hall–Kier alpha value is -2.04. The maximum Gasteiger partial charge on any atom is 0.433 e. The molecule has 0 aliphatic carbocycles. The van der Waals surface area contributed by atoms with Crippen LogP contribution < -0.4 is 10.6 Å². The first-order chi connectivity index (χ1) is 12.1. The number of halogens is 7. The van der Waals surface area contributed by atoms with E-state index in [0.717, 1.165) is 18.2 Å². The summed E-state index contributed by atoms with van der Waals surface area (Å²) >= 11 is 2.98. The van der Waals surface area contributed by atoms with Gasteiger partial charge in [-0.2, -0.15) is 31.3 Å². The Morgan fingerprint density at radius 3 is 2.00 bits per heavy atom. The first-order valence-corrected chi connectivity index (χ1v) is 8.33. The molecular weight excluding hydrogens is 442 g/mol. The highest BCUT2D eigenvalue weighted by Gasteiger charge is 2.34. The smallest absolute Gasteiger partial charge is 0.350 e. The third kappa shape index (κ3) is 5.98. The van der Waals surface area contributed by atoms with Gasteiger partial charge < -0.3 is 10.6 Å². The fourth-order valence-electron chi connectivity index (χ4n) is 1.98. The van der Waals surface area contributed by atoms with E-state index < -0.39 is 29.1 Å². The van der Waals surface area contributed by atoms with Gasteiger partial charge in [-0.1, -0.05) is 0 Å². The van der Waals surface area contributed by atoms with Crippen LogP contribution in [0.25, 0.3) is 0 Å². The summed E-state index contributed by atoms with van der Waals surface area (Å²) in [6.45, 7) is 5.16. The molecule has 0 saturated heterocycles. The SMILES string of the molecule is CC(C)(C)Nc1nc(Nc2ccc(C(F)(F)F)cc2Br)cc(C(F)(F)F)n1. The van der Waals surface area contributed by atoms with Crippen molar-refractivity contribution in [3.63, 3.8) is 0 Å². The van der Waals surface area contributed by atoms with Crippen molar-refractivity contribution in [2.75, 3.05) is 10.6 Å². The second kappa shape index (κ2) is 7.17. The fraction of sp³-hybridized carbons (Fsp3) is 0.375. The van der Waals surface area contributed by atoms with Gasteiger partial charge in [-0.25, -0.2) is 4.98 Å². The molecule has 1 heterocycles. The number of nitrogens with one attached hydrogen (secondary N) is 2. The van der Waals surface area contributed by atoms with Crippen LogP contribution in [-0.4, -0.2) is 15.5 Å². The molecule has 0 fully saturated rings. The Labute approximate surface area is 159 Å². The van der Waals surface area contributed by atoms with Crippen LogP contribution in [0.15, 0.2) is 28.7 Å². The molecule has 0 aliphatic rings. The summed E-state index contributed by atoms with van der Waals surface area (Å²) in [5, 5.41) is 5.32. The number of rotatable bonds is 3. The van der Waals surface area contributed by atoms with Crippen molar-refractivity contribution >= 4 is 33.4 Å². The van der Waals surface area contributed by atoms with Gasteiger partial charge in [0.1, 0.15) is 5.82 Å². The van der Waals surface area contributed by atoms with Gasteiger partial charge in [-0.3, -0.25) is 0 Å². The van der Waals surface area contributed by atoms with Crippen molar-refractivity contribution < 1.29 is 26.3 Å². The molecule has 27 heavy (non-hydrogen) atoms. The Bertz CT molecular complexity index is 827. The van der Waals surface area contributed by atoms with Gasteiger partial charge >= 0.3 is 12.4 Å². The minimum absolute atomic E-state index is 0.0230. The summed E-state index contributed by atoms with van der Waals surface area (Å²) in [6, 6.07) is 3.41. The number of hydrogen-bond donors (Lipinski definition) is 2. The predicted octanol–water partition coefficient (Wildman–Crippen LogP) is 6.23. The largest absolute Gasteiger partial charge is 0.433 e. The van der Waals surface area contributed by atoms with Crippen LogP contribution >= 0.6 is 15.9 Å². The molecule has 0 amide bonds. The molecule has 4 nitrogen and oxygen atoms in total. The van der Waals surface area contributed by atoms with Crippen LogP contribution in [0.5, 0.6) is 0 Å². The van der Waals surface area contributed by atoms with E-state index in [9.17, 15) is 26.3 Å². The fourth-order valence-corrected chi connectivity index (χ4v) is 2.46. The number of nitrogens with zero attached hydrogens (tertiary/aromatic N) is 2. The first-order valence-electron chi connectivity index (χ1n) is 7.53. The third-order valence-electron chi connectivity index (χ3n) is 3.06. The van der Waals surface area contributed by atoms with Gasteiger partial charge in [0.15, 0.2) is 5.69 Å². The molecule has 1 aromatic carbocycles. The van der Waals surface area contributed by atoms with Crippen molar-refractivity contribution in [3.05, 3.63) is 40.0 Å². The number of anilines is 3. The summed E-state index contributed by atoms with van der Waals surface area (Å²) in [5.41, 5.74) is -2.56. The van der Waals surface area contributed by atoms with Gasteiger partial charge in [-0.05, 0) is 54.9 Å². The minimum atomic E-state index is -4.72. The van der Waals surface area contributed by atoms with Crippen LogP contribution in [0.2, 0.25) is 0 Å². The van der Waals surface area contributed by atoms with Crippen LogP contribution in [0.4, 0.5) is 43.8 Å².